The molecular weight excluding hydrogens is 271 g/mol. The van der Waals surface area contributed by atoms with Crippen molar-refractivity contribution in [3.8, 4) is 5.75 Å². The number of carbonyl (C=O) groups excluding carboxylic acids is 1. The SMILES string of the molecule is CCOc1cc(F)ccc1NC(=O)[C@H](N)c1ccccc1. The largest absolute Gasteiger partial charge is 0.492 e. The van der Waals surface area contributed by atoms with Crippen molar-refractivity contribution in [2.45, 2.75) is 13.0 Å². The molecule has 0 radical (unpaired) electrons. The number of ether oxygens (including phenoxy) is 1. The van der Waals surface area contributed by atoms with Gasteiger partial charge in [-0.2, -0.15) is 0 Å². The minimum Gasteiger partial charge on any atom is -0.492 e. The molecule has 0 saturated carbocycles. The first-order valence-corrected chi connectivity index (χ1v) is 6.65. The van der Waals surface area contributed by atoms with Gasteiger partial charge in [-0.25, -0.2) is 4.39 Å². The zero-order valence-corrected chi connectivity index (χ0v) is 11.7. The van der Waals surface area contributed by atoms with Crippen LogP contribution in [-0.2, 0) is 4.79 Å². The summed E-state index contributed by atoms with van der Waals surface area (Å²) in [6.45, 7) is 2.16. The van der Waals surface area contributed by atoms with Crippen molar-refractivity contribution < 1.29 is 13.9 Å². The van der Waals surface area contributed by atoms with Gasteiger partial charge in [0.25, 0.3) is 0 Å². The molecule has 5 heteroatoms. The molecule has 0 aliphatic heterocycles. The van der Waals surface area contributed by atoms with Crippen LogP contribution in [0.5, 0.6) is 5.75 Å². The number of hydrogen-bond acceptors (Lipinski definition) is 3. The molecule has 2 aromatic rings. The number of benzene rings is 2. The Morgan fingerprint density at radius 3 is 2.67 bits per heavy atom. The quantitative estimate of drug-likeness (QED) is 0.889. The van der Waals surface area contributed by atoms with Gasteiger partial charge >= 0.3 is 0 Å². The van der Waals surface area contributed by atoms with E-state index in [0.717, 1.165) is 0 Å². The highest BCUT2D eigenvalue weighted by Gasteiger charge is 2.17. The van der Waals surface area contributed by atoms with Crippen molar-refractivity contribution in [1.82, 2.24) is 0 Å². The third-order valence-electron chi connectivity index (χ3n) is 2.94. The lowest BCUT2D eigenvalue weighted by molar-refractivity contribution is -0.117. The van der Waals surface area contributed by atoms with Crippen molar-refractivity contribution in [2.24, 2.45) is 5.73 Å². The second kappa shape index (κ2) is 6.85. The second-order valence-corrected chi connectivity index (χ2v) is 4.45. The Hall–Kier alpha value is -2.40. The van der Waals surface area contributed by atoms with E-state index in [1.807, 2.05) is 18.2 Å². The van der Waals surface area contributed by atoms with Gasteiger partial charge < -0.3 is 15.8 Å². The number of carbonyl (C=O) groups is 1. The van der Waals surface area contributed by atoms with Gasteiger partial charge in [-0.15, -0.1) is 0 Å². The Morgan fingerprint density at radius 1 is 1.29 bits per heavy atom. The Balaban J connectivity index is 2.16. The maximum Gasteiger partial charge on any atom is 0.245 e. The summed E-state index contributed by atoms with van der Waals surface area (Å²) in [5.74, 6) is -0.524. The minimum absolute atomic E-state index is 0.283. The summed E-state index contributed by atoms with van der Waals surface area (Å²) in [5.41, 5.74) is 7.01. The molecular formula is C16H17FN2O2. The predicted molar refractivity (Wildman–Crippen MR) is 79.6 cm³/mol. The van der Waals surface area contributed by atoms with E-state index in [1.165, 1.54) is 18.2 Å². The lowest BCUT2D eigenvalue weighted by Gasteiger charge is -2.15. The third-order valence-corrected chi connectivity index (χ3v) is 2.94. The molecule has 4 nitrogen and oxygen atoms in total. The Labute approximate surface area is 122 Å². The number of hydrogen-bond donors (Lipinski definition) is 2. The molecule has 1 atom stereocenters. The van der Waals surface area contributed by atoms with Crippen LogP contribution in [0.15, 0.2) is 48.5 Å². The second-order valence-electron chi connectivity index (χ2n) is 4.45. The van der Waals surface area contributed by atoms with E-state index in [0.29, 0.717) is 17.9 Å². The van der Waals surface area contributed by atoms with Crippen LogP contribution in [0.3, 0.4) is 0 Å². The molecule has 3 N–H and O–H groups in total. The van der Waals surface area contributed by atoms with Gasteiger partial charge in [-0.3, -0.25) is 4.79 Å². The zero-order chi connectivity index (χ0) is 15.2. The van der Waals surface area contributed by atoms with E-state index in [9.17, 15) is 9.18 Å². The molecule has 0 fully saturated rings. The third kappa shape index (κ3) is 3.79. The summed E-state index contributed by atoms with van der Waals surface area (Å²) < 4.78 is 18.5. The number of nitrogens with one attached hydrogen (secondary N) is 1. The average Bonchev–Trinajstić information content (AvgIpc) is 2.50. The maximum atomic E-state index is 13.2. The molecule has 0 aliphatic carbocycles. The summed E-state index contributed by atoms with van der Waals surface area (Å²) in [5, 5.41) is 2.67. The van der Waals surface area contributed by atoms with Crippen LogP contribution in [0.1, 0.15) is 18.5 Å². The molecule has 0 unspecified atom stereocenters. The van der Waals surface area contributed by atoms with Crippen LogP contribution in [0.4, 0.5) is 10.1 Å². The molecule has 0 saturated heterocycles. The maximum absolute atomic E-state index is 13.2. The topological polar surface area (TPSA) is 64.3 Å². The van der Waals surface area contributed by atoms with Crippen LogP contribution in [0.2, 0.25) is 0 Å². The molecule has 1 amide bonds. The number of nitrogens with two attached hydrogens (primary N) is 1. The van der Waals surface area contributed by atoms with E-state index in [2.05, 4.69) is 5.32 Å². The summed E-state index contributed by atoms with van der Waals surface area (Å²) in [6, 6.07) is 12.2. The summed E-state index contributed by atoms with van der Waals surface area (Å²) in [7, 11) is 0. The molecule has 0 heterocycles. The van der Waals surface area contributed by atoms with E-state index in [4.69, 9.17) is 10.5 Å². The van der Waals surface area contributed by atoms with E-state index in [-0.39, 0.29) is 11.7 Å². The Kier molecular flexibility index (Phi) is 4.90. The van der Waals surface area contributed by atoms with Crippen LogP contribution in [0.25, 0.3) is 0 Å². The van der Waals surface area contributed by atoms with Crippen molar-refractivity contribution in [2.75, 3.05) is 11.9 Å². The molecule has 0 aromatic heterocycles. The first-order chi connectivity index (χ1) is 10.1. The minimum atomic E-state index is -0.800. The summed E-state index contributed by atoms with van der Waals surface area (Å²) in [6.07, 6.45) is 0. The predicted octanol–water partition coefficient (Wildman–Crippen LogP) is 2.86. The lowest BCUT2D eigenvalue weighted by Crippen LogP contribution is -2.27. The Morgan fingerprint density at radius 2 is 2.00 bits per heavy atom. The number of rotatable bonds is 5. The number of anilines is 1. The van der Waals surface area contributed by atoms with Gasteiger partial charge in [-0.05, 0) is 24.6 Å². The first-order valence-electron chi connectivity index (χ1n) is 6.65. The average molecular weight is 288 g/mol. The standard InChI is InChI=1S/C16H17FN2O2/c1-2-21-14-10-12(17)8-9-13(14)19-16(20)15(18)11-6-4-3-5-7-11/h3-10,15H,2,18H2,1H3,(H,19,20)/t15-/m1/s1. The highest BCUT2D eigenvalue weighted by atomic mass is 19.1. The number of amides is 1. The fourth-order valence-corrected chi connectivity index (χ4v) is 1.90. The van der Waals surface area contributed by atoms with E-state index in [1.54, 1.807) is 19.1 Å². The molecule has 21 heavy (non-hydrogen) atoms. The normalized spacial score (nSPS) is 11.8. The summed E-state index contributed by atoms with van der Waals surface area (Å²) >= 11 is 0. The van der Waals surface area contributed by atoms with Crippen molar-refractivity contribution in [3.05, 3.63) is 59.9 Å². The summed E-state index contributed by atoms with van der Waals surface area (Å²) in [4.78, 5) is 12.2. The number of halogens is 1. The van der Waals surface area contributed by atoms with Crippen LogP contribution >= 0.6 is 0 Å². The van der Waals surface area contributed by atoms with Crippen LogP contribution < -0.4 is 15.8 Å². The van der Waals surface area contributed by atoms with Gasteiger partial charge in [-0.1, -0.05) is 30.3 Å². The molecule has 110 valence electrons. The van der Waals surface area contributed by atoms with Crippen molar-refractivity contribution in [3.63, 3.8) is 0 Å². The molecule has 0 aliphatic rings. The molecule has 0 bridgehead atoms. The van der Waals surface area contributed by atoms with E-state index < -0.39 is 11.9 Å². The lowest BCUT2D eigenvalue weighted by atomic mass is 10.1. The molecule has 2 rings (SSSR count). The van der Waals surface area contributed by atoms with Gasteiger partial charge in [0, 0.05) is 6.07 Å². The van der Waals surface area contributed by atoms with Gasteiger partial charge in [0.2, 0.25) is 5.91 Å². The van der Waals surface area contributed by atoms with Crippen LogP contribution in [0, 0.1) is 5.82 Å². The van der Waals surface area contributed by atoms with Gasteiger partial charge in [0.15, 0.2) is 0 Å². The van der Waals surface area contributed by atoms with Gasteiger partial charge in [0.1, 0.15) is 17.6 Å². The van der Waals surface area contributed by atoms with Crippen molar-refractivity contribution in [1.29, 1.82) is 0 Å². The fraction of sp³-hybridized carbons (Fsp3) is 0.188. The van der Waals surface area contributed by atoms with Crippen LogP contribution in [-0.4, -0.2) is 12.5 Å². The van der Waals surface area contributed by atoms with Crippen molar-refractivity contribution >= 4 is 11.6 Å². The van der Waals surface area contributed by atoms with Gasteiger partial charge in [0.05, 0.1) is 12.3 Å². The highest BCUT2D eigenvalue weighted by Crippen LogP contribution is 2.26. The zero-order valence-electron chi connectivity index (χ0n) is 11.7. The first kappa shape index (κ1) is 15.0. The Bertz CT molecular complexity index is 617. The smallest absolute Gasteiger partial charge is 0.245 e. The monoisotopic (exact) mass is 288 g/mol. The fourth-order valence-electron chi connectivity index (χ4n) is 1.90. The highest BCUT2D eigenvalue weighted by molar-refractivity contribution is 5.96. The van der Waals surface area contributed by atoms with E-state index >= 15 is 0 Å². The molecule has 0 spiro atoms. The molecule has 2 aromatic carbocycles.